The Hall–Kier alpha value is -1.48. The molecule has 0 amide bonds. The molecule has 1 heterocycles. The average Bonchev–Trinajstić information content (AvgIpc) is 2.59. The molecule has 1 N–H and O–H groups in total. The van der Waals surface area contributed by atoms with E-state index in [0.29, 0.717) is 5.02 Å². The van der Waals surface area contributed by atoms with Gasteiger partial charge in [0.05, 0.1) is 5.52 Å². The van der Waals surface area contributed by atoms with Gasteiger partial charge in [-0.05, 0) is 30.5 Å². The van der Waals surface area contributed by atoms with Gasteiger partial charge in [-0.15, -0.1) is 0 Å². The van der Waals surface area contributed by atoms with Crippen LogP contribution in [-0.4, -0.2) is 15.6 Å². The summed E-state index contributed by atoms with van der Waals surface area (Å²) in [7, 11) is 0. The van der Waals surface area contributed by atoms with Crippen LogP contribution in [0.1, 0.15) is 13.0 Å². The Morgan fingerprint density at radius 1 is 1.47 bits per heavy atom. The monoisotopic (exact) mass is 223 g/mol. The lowest BCUT2D eigenvalue weighted by molar-refractivity contribution is -0.140. The molecule has 78 valence electrons. The molecule has 0 radical (unpaired) electrons. The highest BCUT2D eigenvalue weighted by atomic mass is 35.5. The molecule has 0 spiro atoms. The highest BCUT2D eigenvalue weighted by molar-refractivity contribution is 6.31. The first kappa shape index (κ1) is 10.1. The lowest BCUT2D eigenvalue weighted by Gasteiger charge is -2.10. The Labute approximate surface area is 91.9 Å². The summed E-state index contributed by atoms with van der Waals surface area (Å²) in [5.41, 5.74) is 0.845. The van der Waals surface area contributed by atoms with Crippen LogP contribution in [0.25, 0.3) is 10.9 Å². The summed E-state index contributed by atoms with van der Waals surface area (Å²) in [6, 6.07) is 6.74. The van der Waals surface area contributed by atoms with Gasteiger partial charge in [-0.25, -0.2) is 4.79 Å². The van der Waals surface area contributed by atoms with E-state index in [4.69, 9.17) is 16.7 Å². The van der Waals surface area contributed by atoms with Crippen molar-refractivity contribution < 1.29 is 9.90 Å². The molecular weight excluding hydrogens is 214 g/mol. The quantitative estimate of drug-likeness (QED) is 0.851. The van der Waals surface area contributed by atoms with Crippen LogP contribution in [0.15, 0.2) is 30.5 Å². The molecule has 0 aliphatic heterocycles. The maximum atomic E-state index is 10.9. The van der Waals surface area contributed by atoms with Crippen LogP contribution in [0.3, 0.4) is 0 Å². The second-order valence-corrected chi connectivity index (χ2v) is 3.88. The van der Waals surface area contributed by atoms with E-state index < -0.39 is 12.0 Å². The van der Waals surface area contributed by atoms with Crippen molar-refractivity contribution in [2.45, 2.75) is 13.0 Å². The van der Waals surface area contributed by atoms with E-state index in [1.165, 1.54) is 0 Å². The Kier molecular flexibility index (Phi) is 2.40. The fourth-order valence-corrected chi connectivity index (χ4v) is 1.75. The van der Waals surface area contributed by atoms with Gasteiger partial charge in [-0.3, -0.25) is 0 Å². The van der Waals surface area contributed by atoms with Crippen molar-refractivity contribution in [3.05, 3.63) is 35.5 Å². The third-order valence-electron chi connectivity index (χ3n) is 2.46. The lowest BCUT2D eigenvalue weighted by atomic mass is 10.2. The molecule has 0 bridgehead atoms. The van der Waals surface area contributed by atoms with Crippen LogP contribution in [0, 0.1) is 0 Å². The topological polar surface area (TPSA) is 42.2 Å². The minimum Gasteiger partial charge on any atom is -0.480 e. The van der Waals surface area contributed by atoms with Crippen molar-refractivity contribution in [3.63, 3.8) is 0 Å². The number of halogens is 1. The molecule has 0 saturated carbocycles. The van der Waals surface area contributed by atoms with Crippen LogP contribution in [0.5, 0.6) is 0 Å². The van der Waals surface area contributed by atoms with Gasteiger partial charge in [0.1, 0.15) is 6.04 Å². The molecule has 4 heteroatoms. The average molecular weight is 224 g/mol. The Morgan fingerprint density at radius 3 is 2.87 bits per heavy atom. The zero-order valence-corrected chi connectivity index (χ0v) is 8.90. The van der Waals surface area contributed by atoms with E-state index in [1.807, 2.05) is 12.1 Å². The van der Waals surface area contributed by atoms with Crippen molar-refractivity contribution in [1.29, 1.82) is 0 Å². The van der Waals surface area contributed by atoms with E-state index in [0.717, 1.165) is 10.9 Å². The summed E-state index contributed by atoms with van der Waals surface area (Å²) in [6.07, 6.45) is 1.76. The fraction of sp³-hybridized carbons (Fsp3) is 0.182. The maximum Gasteiger partial charge on any atom is 0.326 e. The van der Waals surface area contributed by atoms with Crippen molar-refractivity contribution in [2.24, 2.45) is 0 Å². The normalized spacial score (nSPS) is 12.9. The van der Waals surface area contributed by atoms with Gasteiger partial charge in [0.25, 0.3) is 0 Å². The number of nitrogens with zero attached hydrogens (tertiary/aromatic N) is 1. The van der Waals surface area contributed by atoms with Crippen LogP contribution in [0.4, 0.5) is 0 Å². The third kappa shape index (κ3) is 1.70. The van der Waals surface area contributed by atoms with Gasteiger partial charge in [0.15, 0.2) is 0 Å². The van der Waals surface area contributed by atoms with Gasteiger partial charge >= 0.3 is 5.97 Å². The number of carbonyl (C=O) groups is 1. The highest BCUT2D eigenvalue weighted by Gasteiger charge is 2.14. The van der Waals surface area contributed by atoms with Gasteiger partial charge in [-0.1, -0.05) is 17.7 Å². The molecule has 2 aromatic rings. The molecule has 0 unspecified atom stereocenters. The first-order valence-corrected chi connectivity index (χ1v) is 4.96. The number of hydrogen-bond acceptors (Lipinski definition) is 1. The van der Waals surface area contributed by atoms with Gasteiger partial charge < -0.3 is 9.67 Å². The standard InChI is InChI=1S/C11H10ClNO2/c1-7(11(14)15)13-5-4-8-2-3-9(12)6-10(8)13/h2-7H,1H3,(H,14,15)/t7-/m0/s1. The van der Waals surface area contributed by atoms with E-state index in [2.05, 4.69) is 0 Å². The first-order chi connectivity index (χ1) is 7.09. The minimum absolute atomic E-state index is 0.582. The number of fused-ring (bicyclic) bond motifs is 1. The largest absolute Gasteiger partial charge is 0.480 e. The second-order valence-electron chi connectivity index (χ2n) is 3.44. The molecule has 1 aromatic carbocycles. The number of carboxylic acid groups (broad SMARTS) is 1. The number of hydrogen-bond donors (Lipinski definition) is 1. The molecule has 0 fully saturated rings. The van der Waals surface area contributed by atoms with E-state index in [1.54, 1.807) is 29.8 Å². The zero-order valence-electron chi connectivity index (χ0n) is 8.14. The summed E-state index contributed by atoms with van der Waals surface area (Å²) in [5.74, 6) is -0.854. The molecule has 3 nitrogen and oxygen atoms in total. The fourth-order valence-electron chi connectivity index (χ4n) is 1.58. The molecule has 0 aliphatic rings. The number of aliphatic carboxylic acids is 1. The Bertz CT molecular complexity index is 518. The maximum absolute atomic E-state index is 10.9. The third-order valence-corrected chi connectivity index (χ3v) is 2.70. The zero-order chi connectivity index (χ0) is 11.0. The molecule has 0 saturated heterocycles. The van der Waals surface area contributed by atoms with Crippen molar-refractivity contribution in [3.8, 4) is 0 Å². The summed E-state index contributed by atoms with van der Waals surface area (Å²) in [4.78, 5) is 10.9. The molecule has 0 aliphatic carbocycles. The van der Waals surface area contributed by atoms with Gasteiger partial charge in [0.2, 0.25) is 0 Å². The summed E-state index contributed by atoms with van der Waals surface area (Å²) >= 11 is 5.87. The Morgan fingerprint density at radius 2 is 2.20 bits per heavy atom. The van der Waals surface area contributed by atoms with Crippen LogP contribution < -0.4 is 0 Å². The molecule has 2 rings (SSSR count). The number of aromatic nitrogens is 1. The predicted octanol–water partition coefficient (Wildman–Crippen LogP) is 2.94. The van der Waals surface area contributed by atoms with Crippen LogP contribution >= 0.6 is 11.6 Å². The SMILES string of the molecule is C[C@@H](C(=O)O)n1ccc2ccc(Cl)cc21. The molecule has 1 atom stereocenters. The number of benzene rings is 1. The molecule has 15 heavy (non-hydrogen) atoms. The van der Waals surface area contributed by atoms with Crippen molar-refractivity contribution in [2.75, 3.05) is 0 Å². The molecular formula is C11H10ClNO2. The summed E-state index contributed by atoms with van der Waals surface area (Å²) < 4.78 is 1.70. The Balaban J connectivity index is 2.61. The second kappa shape index (κ2) is 3.59. The smallest absolute Gasteiger partial charge is 0.326 e. The predicted molar refractivity (Wildman–Crippen MR) is 59.3 cm³/mol. The summed E-state index contributed by atoms with van der Waals surface area (Å²) in [5, 5.41) is 10.5. The number of carboxylic acids is 1. The number of rotatable bonds is 2. The highest BCUT2D eigenvalue weighted by Crippen LogP contribution is 2.23. The van der Waals surface area contributed by atoms with Crippen molar-refractivity contribution >= 4 is 28.5 Å². The van der Waals surface area contributed by atoms with Gasteiger partial charge in [0, 0.05) is 11.2 Å². The van der Waals surface area contributed by atoms with Crippen LogP contribution in [-0.2, 0) is 4.79 Å². The summed E-state index contributed by atoms with van der Waals surface area (Å²) in [6.45, 7) is 1.64. The lowest BCUT2D eigenvalue weighted by Crippen LogP contribution is -2.14. The van der Waals surface area contributed by atoms with Crippen molar-refractivity contribution in [1.82, 2.24) is 4.57 Å². The van der Waals surface area contributed by atoms with Gasteiger partial charge in [-0.2, -0.15) is 0 Å². The minimum atomic E-state index is -0.854. The van der Waals surface area contributed by atoms with E-state index >= 15 is 0 Å². The van der Waals surface area contributed by atoms with E-state index in [9.17, 15) is 4.79 Å². The molecule has 1 aromatic heterocycles. The first-order valence-electron chi connectivity index (χ1n) is 4.58. The van der Waals surface area contributed by atoms with E-state index in [-0.39, 0.29) is 0 Å². The van der Waals surface area contributed by atoms with Crippen LogP contribution in [0.2, 0.25) is 5.02 Å².